The van der Waals surface area contributed by atoms with Gasteiger partial charge in [0.15, 0.2) is 0 Å². The Bertz CT molecular complexity index is 402. The molecular weight excluding hydrogens is 240 g/mol. The van der Waals surface area contributed by atoms with Gasteiger partial charge in [-0.1, -0.05) is 23.7 Å². The number of hydrogen-bond donors (Lipinski definition) is 2. The smallest absolute Gasteiger partial charge is 0.0911 e. The molecular formula is C12H15ClN2S. The molecule has 0 spiro atoms. The quantitative estimate of drug-likeness (QED) is 0.480. The zero-order valence-electron chi connectivity index (χ0n) is 9.00. The van der Waals surface area contributed by atoms with Gasteiger partial charge in [0.25, 0.3) is 0 Å². The molecule has 2 nitrogen and oxygen atoms in total. The molecule has 1 aliphatic carbocycles. The standard InChI is InChI=1S/C12H15ClN2S/c13-9-3-1-2-4-10(9)16-8-12(5-6-12)7-11(14)15/h1-4H,5-8H2,(H3,14,15). The Morgan fingerprint density at radius 3 is 2.69 bits per heavy atom. The number of benzene rings is 1. The fraction of sp³-hybridized carbons (Fsp3) is 0.417. The van der Waals surface area contributed by atoms with Crippen LogP contribution in [0.1, 0.15) is 19.3 Å². The Balaban J connectivity index is 1.93. The Morgan fingerprint density at radius 2 is 2.12 bits per heavy atom. The molecule has 3 N–H and O–H groups in total. The molecule has 4 heteroatoms. The van der Waals surface area contributed by atoms with Crippen LogP contribution < -0.4 is 5.73 Å². The number of amidine groups is 1. The van der Waals surface area contributed by atoms with Crippen LogP contribution >= 0.6 is 23.4 Å². The van der Waals surface area contributed by atoms with Crippen molar-refractivity contribution in [1.82, 2.24) is 0 Å². The zero-order chi connectivity index (χ0) is 11.6. The van der Waals surface area contributed by atoms with Gasteiger partial charge in [0.1, 0.15) is 0 Å². The van der Waals surface area contributed by atoms with E-state index in [1.54, 1.807) is 11.8 Å². The summed E-state index contributed by atoms with van der Waals surface area (Å²) in [6.07, 6.45) is 3.10. The Kier molecular flexibility index (Phi) is 3.45. The van der Waals surface area contributed by atoms with Gasteiger partial charge >= 0.3 is 0 Å². The molecule has 2 rings (SSSR count). The highest BCUT2D eigenvalue weighted by Gasteiger charge is 2.42. The summed E-state index contributed by atoms with van der Waals surface area (Å²) in [7, 11) is 0. The topological polar surface area (TPSA) is 49.9 Å². The van der Waals surface area contributed by atoms with Crippen LogP contribution in [0.5, 0.6) is 0 Å². The van der Waals surface area contributed by atoms with Crippen molar-refractivity contribution < 1.29 is 0 Å². The Labute approximate surface area is 105 Å². The van der Waals surface area contributed by atoms with Crippen molar-refractivity contribution >= 4 is 29.2 Å². The van der Waals surface area contributed by atoms with Crippen LogP contribution in [-0.2, 0) is 0 Å². The average molecular weight is 255 g/mol. The molecule has 0 aromatic heterocycles. The maximum atomic E-state index is 7.36. The maximum Gasteiger partial charge on any atom is 0.0911 e. The summed E-state index contributed by atoms with van der Waals surface area (Å²) >= 11 is 7.87. The second-order valence-corrected chi connectivity index (χ2v) is 5.85. The second kappa shape index (κ2) is 4.68. The van der Waals surface area contributed by atoms with Crippen molar-refractivity contribution in [1.29, 1.82) is 5.41 Å². The monoisotopic (exact) mass is 254 g/mol. The molecule has 1 aromatic carbocycles. The average Bonchev–Trinajstić information content (AvgIpc) is 2.96. The predicted molar refractivity (Wildman–Crippen MR) is 70.4 cm³/mol. The second-order valence-electron chi connectivity index (χ2n) is 4.42. The highest BCUT2D eigenvalue weighted by atomic mass is 35.5. The molecule has 0 radical (unpaired) electrons. The lowest BCUT2D eigenvalue weighted by Gasteiger charge is -2.13. The third-order valence-electron chi connectivity index (χ3n) is 2.89. The largest absolute Gasteiger partial charge is 0.388 e. The zero-order valence-corrected chi connectivity index (χ0v) is 10.6. The summed E-state index contributed by atoms with van der Waals surface area (Å²) in [5, 5.41) is 8.17. The molecule has 0 heterocycles. The summed E-state index contributed by atoms with van der Waals surface area (Å²) < 4.78 is 0. The van der Waals surface area contributed by atoms with E-state index in [0.717, 1.165) is 22.1 Å². The van der Waals surface area contributed by atoms with E-state index in [-0.39, 0.29) is 5.41 Å². The van der Waals surface area contributed by atoms with Gasteiger partial charge in [-0.2, -0.15) is 0 Å². The number of halogens is 1. The van der Waals surface area contributed by atoms with E-state index in [0.29, 0.717) is 5.84 Å². The van der Waals surface area contributed by atoms with E-state index in [1.165, 1.54) is 12.8 Å². The minimum absolute atomic E-state index is 0.273. The molecule has 0 bridgehead atoms. The normalized spacial score (nSPS) is 17.1. The van der Waals surface area contributed by atoms with E-state index < -0.39 is 0 Å². The lowest BCUT2D eigenvalue weighted by Crippen LogP contribution is -2.18. The van der Waals surface area contributed by atoms with E-state index in [2.05, 4.69) is 0 Å². The minimum atomic E-state index is 0.273. The molecule has 0 amide bonds. The van der Waals surface area contributed by atoms with Crippen molar-refractivity contribution in [3.63, 3.8) is 0 Å². The molecule has 16 heavy (non-hydrogen) atoms. The predicted octanol–water partition coefficient (Wildman–Crippen LogP) is 3.54. The first-order valence-electron chi connectivity index (χ1n) is 5.32. The van der Waals surface area contributed by atoms with Crippen LogP contribution in [0.3, 0.4) is 0 Å². The van der Waals surface area contributed by atoms with Crippen LogP contribution in [0.25, 0.3) is 0 Å². The lowest BCUT2D eigenvalue weighted by molar-refractivity contribution is 0.612. The maximum absolute atomic E-state index is 7.36. The third kappa shape index (κ3) is 2.92. The molecule has 1 aromatic rings. The van der Waals surface area contributed by atoms with Gasteiger partial charge in [-0.15, -0.1) is 11.8 Å². The van der Waals surface area contributed by atoms with E-state index in [1.807, 2.05) is 24.3 Å². The number of nitrogens with one attached hydrogen (secondary N) is 1. The highest BCUT2D eigenvalue weighted by Crippen LogP contribution is 2.52. The van der Waals surface area contributed by atoms with Gasteiger partial charge in [0, 0.05) is 17.1 Å². The molecule has 1 fully saturated rings. The van der Waals surface area contributed by atoms with Crippen LogP contribution in [0, 0.1) is 10.8 Å². The van der Waals surface area contributed by atoms with Gasteiger partial charge in [-0.3, -0.25) is 5.41 Å². The van der Waals surface area contributed by atoms with E-state index in [9.17, 15) is 0 Å². The highest BCUT2D eigenvalue weighted by molar-refractivity contribution is 7.99. The van der Waals surface area contributed by atoms with Gasteiger partial charge in [0.05, 0.1) is 10.9 Å². The molecule has 0 atom stereocenters. The van der Waals surface area contributed by atoms with Crippen molar-refractivity contribution in [3.05, 3.63) is 29.3 Å². The summed E-state index contributed by atoms with van der Waals surface area (Å²) in [6, 6.07) is 7.89. The van der Waals surface area contributed by atoms with E-state index in [4.69, 9.17) is 22.7 Å². The first-order valence-corrected chi connectivity index (χ1v) is 6.68. The number of hydrogen-bond acceptors (Lipinski definition) is 2. The molecule has 0 unspecified atom stereocenters. The number of rotatable bonds is 5. The van der Waals surface area contributed by atoms with Crippen LogP contribution in [0.2, 0.25) is 5.02 Å². The van der Waals surface area contributed by atoms with Crippen molar-refractivity contribution in [3.8, 4) is 0 Å². The van der Waals surface area contributed by atoms with Crippen molar-refractivity contribution in [2.45, 2.75) is 24.2 Å². The summed E-state index contributed by atoms with van der Waals surface area (Å²) in [5.74, 6) is 1.31. The summed E-state index contributed by atoms with van der Waals surface area (Å²) in [5.41, 5.74) is 5.74. The third-order valence-corrected chi connectivity index (χ3v) is 4.76. The van der Waals surface area contributed by atoms with Crippen LogP contribution in [-0.4, -0.2) is 11.6 Å². The number of thioether (sulfide) groups is 1. The van der Waals surface area contributed by atoms with Gasteiger partial charge in [0.2, 0.25) is 0 Å². The van der Waals surface area contributed by atoms with Gasteiger partial charge in [-0.05, 0) is 30.4 Å². The fourth-order valence-electron chi connectivity index (χ4n) is 1.75. The number of nitrogens with two attached hydrogens (primary N) is 1. The van der Waals surface area contributed by atoms with Crippen LogP contribution in [0.4, 0.5) is 0 Å². The van der Waals surface area contributed by atoms with Gasteiger partial charge < -0.3 is 5.73 Å². The molecule has 1 saturated carbocycles. The summed E-state index contributed by atoms with van der Waals surface area (Å²) in [4.78, 5) is 1.12. The Hall–Kier alpha value is -0.670. The Morgan fingerprint density at radius 1 is 1.44 bits per heavy atom. The molecule has 1 aliphatic rings. The van der Waals surface area contributed by atoms with Crippen LogP contribution in [0.15, 0.2) is 29.2 Å². The van der Waals surface area contributed by atoms with Gasteiger partial charge in [-0.25, -0.2) is 0 Å². The first kappa shape index (κ1) is 11.8. The van der Waals surface area contributed by atoms with Crippen molar-refractivity contribution in [2.24, 2.45) is 11.1 Å². The first-order chi connectivity index (χ1) is 7.61. The molecule has 0 aliphatic heterocycles. The SMILES string of the molecule is N=C(N)CC1(CSc2ccccc2Cl)CC1. The summed E-state index contributed by atoms with van der Waals surface area (Å²) in [6.45, 7) is 0. The molecule has 0 saturated heterocycles. The molecule has 86 valence electrons. The lowest BCUT2D eigenvalue weighted by atomic mass is 10.1. The van der Waals surface area contributed by atoms with E-state index >= 15 is 0 Å². The van der Waals surface area contributed by atoms with Crippen molar-refractivity contribution in [2.75, 3.05) is 5.75 Å². The minimum Gasteiger partial charge on any atom is -0.388 e. The fourth-order valence-corrected chi connectivity index (χ4v) is 3.28.